The molecule has 1 aliphatic heterocycles. The minimum absolute atomic E-state index is 0.0317. The maximum absolute atomic E-state index is 12.0. The van der Waals surface area contributed by atoms with Gasteiger partial charge in [0.2, 0.25) is 0 Å². The van der Waals surface area contributed by atoms with Crippen molar-refractivity contribution in [2.75, 3.05) is 19.7 Å². The average Bonchev–Trinajstić information content (AvgIpc) is 2.84. The predicted molar refractivity (Wildman–Crippen MR) is 127 cm³/mol. The lowest BCUT2D eigenvalue weighted by molar-refractivity contribution is -0.170. The number of aliphatic hydroxyl groups is 1. The molecule has 3 heterocycles. The van der Waals surface area contributed by atoms with Crippen molar-refractivity contribution in [2.24, 2.45) is 5.92 Å². The Bertz CT molecular complexity index is 1060. The van der Waals surface area contributed by atoms with Crippen molar-refractivity contribution in [3.05, 3.63) is 42.4 Å². The summed E-state index contributed by atoms with van der Waals surface area (Å²) in [4.78, 5) is 57.9. The van der Waals surface area contributed by atoms with Gasteiger partial charge in [0.25, 0.3) is 0 Å². The third kappa shape index (κ3) is 9.54. The van der Waals surface area contributed by atoms with Crippen LogP contribution in [-0.2, 0) is 30.5 Å². The Morgan fingerprint density at radius 3 is 2.32 bits per heavy atom. The van der Waals surface area contributed by atoms with Crippen LogP contribution in [0.4, 0.5) is 0 Å². The maximum Gasteiger partial charge on any atom is 0.336 e. The lowest BCUT2D eigenvalue weighted by Gasteiger charge is -2.31. The second kappa shape index (κ2) is 13.9. The van der Waals surface area contributed by atoms with Gasteiger partial charge in [0, 0.05) is 25.5 Å². The second-order valence-electron chi connectivity index (χ2n) is 8.39. The summed E-state index contributed by atoms with van der Waals surface area (Å²) in [6, 6.07) is 7.61. The van der Waals surface area contributed by atoms with Crippen molar-refractivity contribution in [3.8, 4) is 11.5 Å². The van der Waals surface area contributed by atoms with Gasteiger partial charge >= 0.3 is 23.9 Å². The zero-order chi connectivity index (χ0) is 27.4. The molecule has 0 aliphatic carbocycles. The molecule has 3 rings (SSSR count). The first kappa shape index (κ1) is 29.3. The molecule has 1 unspecified atom stereocenters. The molecule has 0 saturated carbocycles. The molecule has 1 atom stereocenters. The molecule has 0 bridgehead atoms. The van der Waals surface area contributed by atoms with Gasteiger partial charge in [-0.1, -0.05) is 6.07 Å². The van der Waals surface area contributed by atoms with Crippen LogP contribution in [0.15, 0.2) is 36.7 Å². The Morgan fingerprint density at radius 2 is 1.76 bits per heavy atom. The molecule has 13 heteroatoms. The molecule has 1 aliphatic rings. The van der Waals surface area contributed by atoms with Gasteiger partial charge in [-0.05, 0) is 44.5 Å². The van der Waals surface area contributed by atoms with E-state index >= 15 is 0 Å². The monoisotopic (exact) mass is 518 g/mol. The van der Waals surface area contributed by atoms with Crippen molar-refractivity contribution in [3.63, 3.8) is 0 Å². The number of carboxylic acids is 3. The van der Waals surface area contributed by atoms with E-state index in [9.17, 15) is 19.2 Å². The number of pyridine rings is 1. The number of rotatable bonds is 10. The number of hydrogen-bond donors (Lipinski definition) is 4. The molecule has 13 nitrogen and oxygen atoms in total. The summed E-state index contributed by atoms with van der Waals surface area (Å²) in [5.74, 6) is -4.50. The van der Waals surface area contributed by atoms with Crippen LogP contribution in [0.2, 0.25) is 0 Å². The third-order valence-electron chi connectivity index (χ3n) is 5.40. The zero-order valence-corrected chi connectivity index (χ0v) is 20.3. The molecule has 1 fully saturated rings. The van der Waals surface area contributed by atoms with Crippen molar-refractivity contribution in [1.29, 1.82) is 0 Å². The number of likely N-dealkylation sites (tertiary alicyclic amines) is 1. The van der Waals surface area contributed by atoms with Crippen molar-refractivity contribution < 1.29 is 44.3 Å². The number of carboxylic acid groups (broad SMARTS) is 3. The Hall–Kier alpha value is -3.97. The molecule has 0 amide bonds. The Balaban J connectivity index is 0.000000317. The molecule has 37 heavy (non-hydrogen) atoms. The summed E-state index contributed by atoms with van der Waals surface area (Å²) in [6.07, 6.45) is 3.11. The van der Waals surface area contributed by atoms with Gasteiger partial charge in [-0.15, -0.1) is 0 Å². The molecule has 0 radical (unpaired) electrons. The zero-order valence-electron chi connectivity index (χ0n) is 20.3. The fourth-order valence-corrected chi connectivity index (χ4v) is 3.70. The molecule has 4 N–H and O–H groups in total. The van der Waals surface area contributed by atoms with Crippen LogP contribution in [-0.4, -0.2) is 89.5 Å². The maximum atomic E-state index is 12.0. The van der Waals surface area contributed by atoms with Crippen LogP contribution >= 0.6 is 0 Å². The van der Waals surface area contributed by atoms with Gasteiger partial charge in [0.15, 0.2) is 11.4 Å². The van der Waals surface area contributed by atoms with Gasteiger partial charge in [0.1, 0.15) is 5.69 Å². The average molecular weight is 519 g/mol. The van der Waals surface area contributed by atoms with Crippen molar-refractivity contribution >= 4 is 23.9 Å². The molecule has 2 aromatic heterocycles. The van der Waals surface area contributed by atoms with Gasteiger partial charge in [-0.3, -0.25) is 24.3 Å². The SMILES string of the molecule is CCOC(=O)C1CCCN(Cc2ccnc(-c3ccccn3)n2)C1.O=C(O)CC(O)(CC(=O)O)C(=O)O. The number of esters is 1. The topological polar surface area (TPSA) is 200 Å². The van der Waals surface area contributed by atoms with E-state index < -0.39 is 36.4 Å². The van der Waals surface area contributed by atoms with Crippen LogP contribution in [0.25, 0.3) is 11.5 Å². The van der Waals surface area contributed by atoms with Gasteiger partial charge < -0.3 is 25.2 Å². The van der Waals surface area contributed by atoms with E-state index in [0.717, 1.165) is 37.3 Å². The number of hydrogen-bond acceptors (Lipinski definition) is 10. The fraction of sp³-hybridized carbons (Fsp3) is 0.458. The predicted octanol–water partition coefficient (Wildman–Crippen LogP) is 1.07. The molecule has 200 valence electrons. The van der Waals surface area contributed by atoms with Crippen molar-refractivity contribution in [2.45, 2.75) is 44.8 Å². The number of aliphatic carboxylic acids is 3. The van der Waals surface area contributed by atoms with E-state index in [1.165, 1.54) is 0 Å². The number of ether oxygens (including phenoxy) is 1. The standard InChI is InChI=1S/C18H22N4O2.C6H8O7/c1-2-24-18(23)14-6-5-11-22(12-14)13-15-8-10-20-17(21-15)16-7-3-4-9-19-16;7-3(8)1-6(13,5(11)12)2-4(9)10/h3-4,7-10,14H,2,5-6,11-13H2,1H3;13H,1-2H2,(H,7,8)(H,9,10)(H,11,12). The summed E-state index contributed by atoms with van der Waals surface area (Å²) in [5.41, 5.74) is -1.03. The third-order valence-corrected chi connectivity index (χ3v) is 5.40. The Morgan fingerprint density at radius 1 is 1.05 bits per heavy atom. The van der Waals surface area contributed by atoms with Gasteiger partial charge in [0.05, 0.1) is 31.1 Å². The summed E-state index contributed by atoms with van der Waals surface area (Å²) >= 11 is 0. The van der Waals surface area contributed by atoms with E-state index in [4.69, 9.17) is 25.2 Å². The minimum atomic E-state index is -2.74. The molecular weight excluding hydrogens is 488 g/mol. The van der Waals surface area contributed by atoms with Crippen LogP contribution in [0, 0.1) is 5.92 Å². The summed E-state index contributed by atoms with van der Waals surface area (Å²) in [6.45, 7) is 4.69. The van der Waals surface area contributed by atoms with E-state index in [2.05, 4.69) is 19.9 Å². The van der Waals surface area contributed by atoms with Gasteiger partial charge in [-0.25, -0.2) is 14.8 Å². The highest BCUT2D eigenvalue weighted by molar-refractivity contribution is 5.88. The van der Waals surface area contributed by atoms with Crippen LogP contribution in [0.5, 0.6) is 0 Å². The van der Waals surface area contributed by atoms with Gasteiger partial charge in [-0.2, -0.15) is 0 Å². The van der Waals surface area contributed by atoms with E-state index in [-0.39, 0.29) is 11.9 Å². The van der Waals surface area contributed by atoms with Crippen LogP contribution < -0.4 is 0 Å². The van der Waals surface area contributed by atoms with E-state index in [1.54, 1.807) is 12.4 Å². The molecule has 2 aromatic rings. The minimum Gasteiger partial charge on any atom is -0.481 e. The lowest BCUT2D eigenvalue weighted by Crippen LogP contribution is -2.42. The second-order valence-corrected chi connectivity index (χ2v) is 8.39. The fourth-order valence-electron chi connectivity index (χ4n) is 3.70. The number of aromatic nitrogens is 3. The lowest BCUT2D eigenvalue weighted by atomic mass is 9.96. The molecular formula is C24H30N4O9. The van der Waals surface area contributed by atoms with E-state index in [1.807, 2.05) is 31.2 Å². The number of carbonyl (C=O) groups excluding carboxylic acids is 1. The highest BCUT2D eigenvalue weighted by atomic mass is 16.5. The highest BCUT2D eigenvalue weighted by Crippen LogP contribution is 2.20. The smallest absolute Gasteiger partial charge is 0.336 e. The van der Waals surface area contributed by atoms with E-state index in [0.29, 0.717) is 19.0 Å². The quantitative estimate of drug-likeness (QED) is 0.326. The number of carbonyl (C=O) groups is 4. The van der Waals surface area contributed by atoms with Crippen LogP contribution in [0.3, 0.4) is 0 Å². The highest BCUT2D eigenvalue weighted by Gasteiger charge is 2.40. The van der Waals surface area contributed by atoms with Crippen molar-refractivity contribution in [1.82, 2.24) is 19.9 Å². The first-order valence-electron chi connectivity index (χ1n) is 11.6. The first-order chi connectivity index (χ1) is 17.5. The molecule has 0 spiro atoms. The first-order valence-corrected chi connectivity index (χ1v) is 11.6. The summed E-state index contributed by atoms with van der Waals surface area (Å²) < 4.78 is 5.16. The molecule has 1 saturated heterocycles. The Labute approximate surface area is 212 Å². The number of piperidine rings is 1. The summed E-state index contributed by atoms with van der Waals surface area (Å²) in [7, 11) is 0. The van der Waals surface area contributed by atoms with Crippen LogP contribution in [0.1, 0.15) is 38.3 Å². The Kier molecular flexibility index (Phi) is 11.0. The number of nitrogens with zero attached hydrogens (tertiary/aromatic N) is 4. The molecule has 0 aromatic carbocycles. The summed E-state index contributed by atoms with van der Waals surface area (Å²) in [5, 5.41) is 33.8. The normalized spacial score (nSPS) is 15.7. The largest absolute Gasteiger partial charge is 0.481 e.